The summed E-state index contributed by atoms with van der Waals surface area (Å²) in [7, 11) is 0. The Kier molecular flexibility index (Phi) is 4.83. The van der Waals surface area contributed by atoms with Gasteiger partial charge in [-0.15, -0.1) is 0 Å². The normalized spacial score (nSPS) is 15.8. The third-order valence-electron chi connectivity index (χ3n) is 4.69. The van der Waals surface area contributed by atoms with Crippen LogP contribution in [0.2, 0.25) is 10.0 Å². The van der Waals surface area contributed by atoms with E-state index in [0.717, 1.165) is 16.8 Å². The van der Waals surface area contributed by atoms with E-state index in [4.69, 9.17) is 23.2 Å². The molecule has 0 fully saturated rings. The molecule has 0 saturated heterocycles. The third kappa shape index (κ3) is 3.25. The molecule has 1 atom stereocenters. The molecule has 0 aliphatic carbocycles. The van der Waals surface area contributed by atoms with Crippen molar-refractivity contribution in [2.24, 2.45) is 0 Å². The molecule has 142 valence electrons. The highest BCUT2D eigenvalue weighted by Gasteiger charge is 2.33. The van der Waals surface area contributed by atoms with Crippen LogP contribution in [0.1, 0.15) is 24.1 Å². The first kappa shape index (κ1) is 18.5. The molecule has 2 aromatic carbocycles. The molecule has 0 saturated carbocycles. The minimum Gasteiger partial charge on any atom is -0.328 e. The van der Waals surface area contributed by atoms with Crippen LogP contribution in [0, 0.1) is 6.92 Å². The lowest BCUT2D eigenvalue weighted by molar-refractivity contribution is -0.113. The summed E-state index contributed by atoms with van der Waals surface area (Å²) in [6, 6.07) is 12.4. The van der Waals surface area contributed by atoms with Crippen LogP contribution in [0.3, 0.4) is 0 Å². The van der Waals surface area contributed by atoms with Crippen LogP contribution in [-0.2, 0) is 4.79 Å². The average Bonchev–Trinajstić information content (AvgIpc) is 3.12. The summed E-state index contributed by atoms with van der Waals surface area (Å²) in [5, 5.41) is 11.3. The van der Waals surface area contributed by atoms with Crippen molar-refractivity contribution in [1.82, 2.24) is 14.8 Å². The number of amides is 1. The molecule has 6 nitrogen and oxygen atoms in total. The average molecular weight is 414 g/mol. The molecule has 1 aliphatic heterocycles. The SMILES string of the molecule is CC1=C(C(=O)Nc2ccccc2C)[C@@H](c2ccc(Cl)c(Cl)c2)n2ncnc2N1. The molecule has 1 amide bonds. The van der Waals surface area contributed by atoms with Crippen LogP contribution in [0.5, 0.6) is 0 Å². The zero-order chi connectivity index (χ0) is 19.8. The van der Waals surface area contributed by atoms with Crippen molar-refractivity contribution in [1.29, 1.82) is 0 Å². The smallest absolute Gasteiger partial charge is 0.255 e. The summed E-state index contributed by atoms with van der Waals surface area (Å²) in [6.45, 7) is 3.79. The van der Waals surface area contributed by atoms with Crippen LogP contribution in [-0.4, -0.2) is 20.7 Å². The van der Waals surface area contributed by atoms with Crippen molar-refractivity contribution >= 4 is 40.7 Å². The van der Waals surface area contributed by atoms with Crippen molar-refractivity contribution in [3.63, 3.8) is 0 Å². The molecule has 0 radical (unpaired) electrons. The Bertz CT molecular complexity index is 1110. The molecular formula is C20H17Cl2N5O. The Balaban J connectivity index is 1.79. The lowest BCUT2D eigenvalue weighted by Crippen LogP contribution is -2.31. The molecule has 28 heavy (non-hydrogen) atoms. The van der Waals surface area contributed by atoms with E-state index >= 15 is 0 Å². The van der Waals surface area contributed by atoms with E-state index in [2.05, 4.69) is 20.7 Å². The highest BCUT2D eigenvalue weighted by molar-refractivity contribution is 6.42. The van der Waals surface area contributed by atoms with Crippen molar-refractivity contribution in [2.45, 2.75) is 19.9 Å². The van der Waals surface area contributed by atoms with Gasteiger partial charge in [-0.05, 0) is 43.2 Å². The van der Waals surface area contributed by atoms with E-state index in [0.29, 0.717) is 27.3 Å². The van der Waals surface area contributed by atoms with Gasteiger partial charge in [-0.2, -0.15) is 10.1 Å². The first-order chi connectivity index (χ1) is 13.5. The zero-order valence-corrected chi connectivity index (χ0v) is 16.7. The van der Waals surface area contributed by atoms with Crippen molar-refractivity contribution < 1.29 is 4.79 Å². The number of benzene rings is 2. The number of nitrogens with one attached hydrogen (secondary N) is 2. The Morgan fingerprint density at radius 1 is 1.14 bits per heavy atom. The predicted molar refractivity (Wildman–Crippen MR) is 111 cm³/mol. The van der Waals surface area contributed by atoms with Gasteiger partial charge in [0.1, 0.15) is 12.4 Å². The number of carbonyl (C=O) groups is 1. The van der Waals surface area contributed by atoms with Crippen LogP contribution in [0.15, 0.2) is 60.1 Å². The molecule has 0 bridgehead atoms. The molecule has 2 heterocycles. The maximum atomic E-state index is 13.3. The van der Waals surface area contributed by atoms with Crippen LogP contribution in [0.4, 0.5) is 11.6 Å². The topological polar surface area (TPSA) is 71.8 Å². The second kappa shape index (κ2) is 7.30. The number of halogens is 2. The fraction of sp³-hybridized carbons (Fsp3) is 0.150. The summed E-state index contributed by atoms with van der Waals surface area (Å²) in [4.78, 5) is 17.5. The number of nitrogens with zero attached hydrogens (tertiary/aromatic N) is 3. The lowest BCUT2D eigenvalue weighted by Gasteiger charge is -2.29. The highest BCUT2D eigenvalue weighted by Crippen LogP contribution is 2.37. The second-order valence-corrected chi connectivity index (χ2v) is 7.35. The standard InChI is InChI=1S/C20H17Cl2N5O/c1-11-5-3-4-6-16(11)26-19(28)17-12(2)25-20-23-10-24-27(20)18(17)13-7-8-14(21)15(22)9-13/h3-10,18H,1-2H3,(H,26,28)(H,23,24,25)/t18-/m1/s1. The molecule has 0 unspecified atom stereocenters. The van der Waals surface area contributed by atoms with Gasteiger partial charge in [0.05, 0.1) is 15.6 Å². The minimum atomic E-state index is -0.488. The number of fused-ring (bicyclic) bond motifs is 1. The van der Waals surface area contributed by atoms with Crippen LogP contribution >= 0.6 is 23.2 Å². The van der Waals surface area contributed by atoms with Crippen LogP contribution < -0.4 is 10.6 Å². The van der Waals surface area contributed by atoms with Crippen molar-refractivity contribution in [3.8, 4) is 0 Å². The quantitative estimate of drug-likeness (QED) is 0.645. The van der Waals surface area contributed by atoms with Crippen LogP contribution in [0.25, 0.3) is 0 Å². The van der Waals surface area contributed by atoms with Gasteiger partial charge in [0.25, 0.3) is 5.91 Å². The van der Waals surface area contributed by atoms with E-state index < -0.39 is 6.04 Å². The van der Waals surface area contributed by atoms with Gasteiger partial charge in [0, 0.05) is 11.4 Å². The molecule has 4 rings (SSSR count). The summed E-state index contributed by atoms with van der Waals surface area (Å²) in [5.74, 6) is 0.331. The maximum Gasteiger partial charge on any atom is 0.255 e. The van der Waals surface area contributed by atoms with E-state index in [9.17, 15) is 4.79 Å². The fourth-order valence-corrected chi connectivity index (χ4v) is 3.59. The first-order valence-electron chi connectivity index (χ1n) is 8.65. The van der Waals surface area contributed by atoms with Gasteiger partial charge in [-0.3, -0.25) is 4.79 Å². The summed E-state index contributed by atoms with van der Waals surface area (Å²) < 4.78 is 1.67. The van der Waals surface area contributed by atoms with Gasteiger partial charge in [-0.1, -0.05) is 47.5 Å². The van der Waals surface area contributed by atoms with Gasteiger partial charge < -0.3 is 10.6 Å². The monoisotopic (exact) mass is 413 g/mol. The van der Waals surface area contributed by atoms with E-state index in [-0.39, 0.29) is 5.91 Å². The molecule has 8 heteroatoms. The molecule has 3 aromatic rings. The highest BCUT2D eigenvalue weighted by atomic mass is 35.5. The van der Waals surface area contributed by atoms with Crippen molar-refractivity contribution in [2.75, 3.05) is 10.6 Å². The minimum absolute atomic E-state index is 0.225. The molecule has 2 N–H and O–H groups in total. The number of anilines is 2. The Morgan fingerprint density at radius 3 is 2.68 bits per heavy atom. The Labute approximate surface area is 172 Å². The third-order valence-corrected chi connectivity index (χ3v) is 5.43. The number of aryl methyl sites for hydroxylation is 1. The number of aromatic nitrogens is 3. The number of carbonyl (C=O) groups excluding carboxylic acids is 1. The largest absolute Gasteiger partial charge is 0.328 e. The van der Waals surface area contributed by atoms with Gasteiger partial charge in [0.15, 0.2) is 0 Å². The van der Waals surface area contributed by atoms with Crippen molar-refractivity contribution in [3.05, 3.63) is 81.2 Å². The maximum absolute atomic E-state index is 13.3. The first-order valence-corrected chi connectivity index (χ1v) is 9.40. The number of hydrogen-bond acceptors (Lipinski definition) is 4. The predicted octanol–water partition coefficient (Wildman–Crippen LogP) is 4.82. The van der Waals surface area contributed by atoms with Gasteiger partial charge in [-0.25, -0.2) is 4.68 Å². The lowest BCUT2D eigenvalue weighted by atomic mass is 9.95. The molecule has 1 aromatic heterocycles. The Hall–Kier alpha value is -2.83. The Morgan fingerprint density at radius 2 is 1.93 bits per heavy atom. The second-order valence-electron chi connectivity index (χ2n) is 6.54. The summed E-state index contributed by atoms with van der Waals surface area (Å²) in [5.41, 5.74) is 3.75. The molecule has 0 spiro atoms. The number of allylic oxidation sites excluding steroid dienone is 1. The van der Waals surface area contributed by atoms with Gasteiger partial charge >= 0.3 is 0 Å². The van der Waals surface area contributed by atoms with E-state index in [1.165, 1.54) is 6.33 Å². The fourth-order valence-electron chi connectivity index (χ4n) is 3.28. The van der Waals surface area contributed by atoms with E-state index in [1.54, 1.807) is 16.8 Å². The summed E-state index contributed by atoms with van der Waals surface area (Å²) >= 11 is 12.3. The number of para-hydroxylation sites is 1. The van der Waals surface area contributed by atoms with Gasteiger partial charge in [0.2, 0.25) is 5.95 Å². The van der Waals surface area contributed by atoms with E-state index in [1.807, 2.05) is 44.2 Å². The zero-order valence-electron chi connectivity index (χ0n) is 15.2. The molecular weight excluding hydrogens is 397 g/mol. The number of rotatable bonds is 3. The molecule has 1 aliphatic rings. The number of hydrogen-bond donors (Lipinski definition) is 2. The summed E-state index contributed by atoms with van der Waals surface area (Å²) in [6.07, 6.45) is 1.45.